The van der Waals surface area contributed by atoms with E-state index in [-0.39, 0.29) is 40.6 Å². The molecule has 0 saturated carbocycles. The van der Waals surface area contributed by atoms with Gasteiger partial charge in [-0.3, -0.25) is 29.4 Å². The molecule has 2 aromatic rings. The molecular formula is C22H18FN3O5. The molecule has 2 atom stereocenters. The van der Waals surface area contributed by atoms with Crippen molar-refractivity contribution in [2.75, 3.05) is 10.2 Å². The van der Waals surface area contributed by atoms with Gasteiger partial charge in [-0.15, -0.1) is 0 Å². The normalized spacial score (nSPS) is 20.3. The molecule has 2 aromatic carbocycles. The fourth-order valence-electron chi connectivity index (χ4n) is 3.97. The van der Waals surface area contributed by atoms with Gasteiger partial charge in [-0.05, 0) is 50.1 Å². The van der Waals surface area contributed by atoms with Crippen molar-refractivity contribution in [1.29, 1.82) is 0 Å². The van der Waals surface area contributed by atoms with Crippen LogP contribution in [0.2, 0.25) is 0 Å². The molecule has 4 rings (SSSR count). The SMILES string of the molecule is CC1=CC[C@H]2C(=O)N(c3ccc(C(=O)Nc4cc([N+](=O)[O-])ccc4F)cc3)C(=O)[C@@H]2C1. The van der Waals surface area contributed by atoms with E-state index in [0.717, 1.165) is 28.7 Å². The quantitative estimate of drug-likeness (QED) is 0.348. The van der Waals surface area contributed by atoms with E-state index in [1.807, 2.05) is 13.0 Å². The van der Waals surface area contributed by atoms with Crippen molar-refractivity contribution in [2.45, 2.75) is 19.8 Å². The molecule has 31 heavy (non-hydrogen) atoms. The molecule has 0 radical (unpaired) electrons. The summed E-state index contributed by atoms with van der Waals surface area (Å²) in [4.78, 5) is 49.3. The summed E-state index contributed by atoms with van der Waals surface area (Å²) in [6, 6.07) is 8.60. The lowest BCUT2D eigenvalue weighted by Gasteiger charge is -2.18. The third-order valence-corrected chi connectivity index (χ3v) is 5.62. The van der Waals surface area contributed by atoms with E-state index in [1.54, 1.807) is 0 Å². The Morgan fingerprint density at radius 3 is 2.48 bits per heavy atom. The third-order valence-electron chi connectivity index (χ3n) is 5.62. The van der Waals surface area contributed by atoms with Gasteiger partial charge < -0.3 is 5.32 Å². The Hall–Kier alpha value is -3.88. The van der Waals surface area contributed by atoms with Crippen LogP contribution in [-0.2, 0) is 9.59 Å². The number of carbonyl (C=O) groups is 3. The number of nitrogens with one attached hydrogen (secondary N) is 1. The fourth-order valence-corrected chi connectivity index (χ4v) is 3.97. The summed E-state index contributed by atoms with van der Waals surface area (Å²) < 4.78 is 13.9. The lowest BCUT2D eigenvalue weighted by Crippen LogP contribution is -2.30. The topological polar surface area (TPSA) is 110 Å². The van der Waals surface area contributed by atoms with Crippen molar-refractivity contribution in [3.8, 4) is 0 Å². The minimum Gasteiger partial charge on any atom is -0.319 e. The first kappa shape index (κ1) is 20.4. The van der Waals surface area contributed by atoms with Crippen LogP contribution in [0, 0.1) is 27.8 Å². The van der Waals surface area contributed by atoms with E-state index in [1.165, 1.54) is 24.3 Å². The fraction of sp³-hybridized carbons (Fsp3) is 0.227. The zero-order chi connectivity index (χ0) is 22.3. The standard InChI is InChI=1S/C22H18FN3O5/c1-12-2-8-16-17(10-12)22(29)25(21(16)28)14-5-3-13(4-6-14)20(27)24-19-11-15(26(30)31)7-9-18(19)23/h2-7,9,11,16-17H,8,10H2,1H3,(H,24,27)/t16-,17-/m1/s1. The largest absolute Gasteiger partial charge is 0.319 e. The lowest BCUT2D eigenvalue weighted by atomic mass is 9.82. The Balaban J connectivity index is 1.52. The van der Waals surface area contributed by atoms with Gasteiger partial charge in [0, 0.05) is 17.7 Å². The molecule has 1 aliphatic carbocycles. The van der Waals surface area contributed by atoms with Crippen molar-refractivity contribution in [3.05, 3.63) is 75.6 Å². The number of rotatable bonds is 4. The Bertz CT molecular complexity index is 1140. The van der Waals surface area contributed by atoms with Gasteiger partial charge in [-0.2, -0.15) is 0 Å². The van der Waals surface area contributed by atoms with Gasteiger partial charge in [0.25, 0.3) is 11.6 Å². The zero-order valence-electron chi connectivity index (χ0n) is 16.5. The van der Waals surface area contributed by atoms with Crippen molar-refractivity contribution >= 4 is 34.8 Å². The van der Waals surface area contributed by atoms with Crippen LogP contribution >= 0.6 is 0 Å². The van der Waals surface area contributed by atoms with Crippen molar-refractivity contribution in [2.24, 2.45) is 11.8 Å². The van der Waals surface area contributed by atoms with Crippen LogP contribution in [0.3, 0.4) is 0 Å². The number of non-ortho nitro benzene ring substituents is 1. The van der Waals surface area contributed by atoms with Crippen LogP contribution in [-0.4, -0.2) is 22.6 Å². The van der Waals surface area contributed by atoms with Crippen molar-refractivity contribution in [1.82, 2.24) is 0 Å². The van der Waals surface area contributed by atoms with Gasteiger partial charge >= 0.3 is 0 Å². The predicted molar refractivity (Wildman–Crippen MR) is 110 cm³/mol. The van der Waals surface area contributed by atoms with Crippen LogP contribution < -0.4 is 10.2 Å². The Labute approximate surface area is 176 Å². The molecule has 0 spiro atoms. The molecule has 1 fully saturated rings. The number of imide groups is 1. The number of allylic oxidation sites excluding steroid dienone is 2. The molecule has 3 amide bonds. The van der Waals surface area contributed by atoms with E-state index < -0.39 is 16.6 Å². The summed E-state index contributed by atoms with van der Waals surface area (Å²) in [7, 11) is 0. The molecular weight excluding hydrogens is 405 g/mol. The smallest absolute Gasteiger partial charge is 0.271 e. The van der Waals surface area contributed by atoms with Gasteiger partial charge in [0.1, 0.15) is 5.82 Å². The number of halogens is 1. The highest BCUT2D eigenvalue weighted by Gasteiger charge is 2.48. The summed E-state index contributed by atoms with van der Waals surface area (Å²) in [5.74, 6) is -2.73. The van der Waals surface area contributed by atoms with Crippen molar-refractivity contribution in [3.63, 3.8) is 0 Å². The van der Waals surface area contributed by atoms with E-state index in [2.05, 4.69) is 5.32 Å². The first-order valence-corrected chi connectivity index (χ1v) is 9.65. The molecule has 158 valence electrons. The van der Waals surface area contributed by atoms with E-state index >= 15 is 0 Å². The molecule has 1 heterocycles. The second-order valence-electron chi connectivity index (χ2n) is 7.64. The molecule has 8 nitrogen and oxygen atoms in total. The molecule has 1 N–H and O–H groups in total. The predicted octanol–water partition coefficient (Wildman–Crippen LogP) is 3.83. The van der Waals surface area contributed by atoms with Gasteiger partial charge in [0.05, 0.1) is 28.1 Å². The highest BCUT2D eigenvalue weighted by molar-refractivity contribution is 6.22. The molecule has 9 heteroatoms. The monoisotopic (exact) mass is 423 g/mol. The minimum atomic E-state index is -0.810. The second kappa shape index (κ2) is 7.75. The Morgan fingerprint density at radius 1 is 1.13 bits per heavy atom. The number of nitro groups is 1. The number of hydrogen-bond donors (Lipinski definition) is 1. The molecule has 0 unspecified atom stereocenters. The van der Waals surface area contributed by atoms with Gasteiger partial charge in [-0.1, -0.05) is 11.6 Å². The first-order valence-electron chi connectivity index (χ1n) is 9.65. The zero-order valence-corrected chi connectivity index (χ0v) is 16.5. The average molecular weight is 423 g/mol. The summed E-state index contributed by atoms with van der Waals surface area (Å²) in [5.41, 5.74) is 0.915. The maximum absolute atomic E-state index is 13.9. The number of nitro benzene ring substituents is 1. The minimum absolute atomic E-state index is 0.142. The summed E-state index contributed by atoms with van der Waals surface area (Å²) >= 11 is 0. The van der Waals surface area contributed by atoms with E-state index in [9.17, 15) is 28.9 Å². The summed E-state index contributed by atoms with van der Waals surface area (Å²) in [5, 5.41) is 13.2. The summed E-state index contributed by atoms with van der Waals surface area (Å²) in [6.07, 6.45) is 3.07. The van der Waals surface area contributed by atoms with Crippen LogP contribution in [0.5, 0.6) is 0 Å². The molecule has 0 bridgehead atoms. The van der Waals surface area contributed by atoms with Gasteiger partial charge in [-0.25, -0.2) is 4.39 Å². The van der Waals surface area contributed by atoms with Crippen molar-refractivity contribution < 1.29 is 23.7 Å². The second-order valence-corrected chi connectivity index (χ2v) is 7.64. The van der Waals surface area contributed by atoms with Crippen LogP contribution in [0.25, 0.3) is 0 Å². The van der Waals surface area contributed by atoms with Gasteiger partial charge in [0.2, 0.25) is 11.8 Å². The first-order chi connectivity index (χ1) is 14.8. The van der Waals surface area contributed by atoms with E-state index in [4.69, 9.17) is 0 Å². The number of nitrogens with zero attached hydrogens (tertiary/aromatic N) is 2. The molecule has 1 aliphatic heterocycles. The molecule has 0 aromatic heterocycles. The number of hydrogen-bond acceptors (Lipinski definition) is 5. The number of fused-ring (bicyclic) bond motifs is 1. The molecule has 1 saturated heterocycles. The average Bonchev–Trinajstić information content (AvgIpc) is 2.99. The van der Waals surface area contributed by atoms with Gasteiger partial charge in [0.15, 0.2) is 0 Å². The molecule has 2 aliphatic rings. The number of anilines is 2. The van der Waals surface area contributed by atoms with Crippen LogP contribution in [0.1, 0.15) is 30.1 Å². The maximum atomic E-state index is 13.9. The number of benzene rings is 2. The van der Waals surface area contributed by atoms with Crippen LogP contribution in [0.15, 0.2) is 54.1 Å². The van der Waals surface area contributed by atoms with Crippen LogP contribution in [0.4, 0.5) is 21.5 Å². The number of amides is 3. The van der Waals surface area contributed by atoms with E-state index in [0.29, 0.717) is 18.5 Å². The third kappa shape index (κ3) is 3.70. The highest BCUT2D eigenvalue weighted by Crippen LogP contribution is 2.39. The maximum Gasteiger partial charge on any atom is 0.271 e. The Morgan fingerprint density at radius 2 is 1.81 bits per heavy atom. The Kier molecular flexibility index (Phi) is 5.10. The number of carbonyl (C=O) groups excluding carboxylic acids is 3. The summed E-state index contributed by atoms with van der Waals surface area (Å²) in [6.45, 7) is 1.94. The highest BCUT2D eigenvalue weighted by atomic mass is 19.1. The lowest BCUT2D eigenvalue weighted by molar-refractivity contribution is -0.384.